The highest BCUT2D eigenvalue weighted by atomic mass is 16.5. The van der Waals surface area contributed by atoms with Crippen molar-refractivity contribution in [3.8, 4) is 5.75 Å². The fourth-order valence-electron chi connectivity index (χ4n) is 1.40. The summed E-state index contributed by atoms with van der Waals surface area (Å²) in [5, 5.41) is 11.4. The van der Waals surface area contributed by atoms with Crippen molar-refractivity contribution in [2.75, 3.05) is 13.7 Å². The number of rotatable bonds is 6. The molecule has 6 nitrogen and oxygen atoms in total. The van der Waals surface area contributed by atoms with Crippen LogP contribution in [-0.4, -0.2) is 30.9 Å². The van der Waals surface area contributed by atoms with E-state index in [2.05, 4.69) is 11.9 Å². The first-order valence-corrected chi connectivity index (χ1v) is 5.50. The fraction of sp³-hybridized carbons (Fsp3) is 0.231. The van der Waals surface area contributed by atoms with Gasteiger partial charge in [0.15, 0.2) is 0 Å². The Labute approximate surface area is 110 Å². The summed E-state index contributed by atoms with van der Waals surface area (Å²) >= 11 is 0. The van der Waals surface area contributed by atoms with Crippen molar-refractivity contribution < 1.29 is 24.2 Å². The summed E-state index contributed by atoms with van der Waals surface area (Å²) in [5.41, 5.74) is 0.676. The first-order valence-electron chi connectivity index (χ1n) is 5.50. The van der Waals surface area contributed by atoms with Gasteiger partial charge in [-0.25, -0.2) is 9.59 Å². The lowest BCUT2D eigenvalue weighted by Gasteiger charge is -2.10. The molecular formula is C13H15NO5. The fourth-order valence-corrected chi connectivity index (χ4v) is 1.40. The Morgan fingerprint density at radius 3 is 2.79 bits per heavy atom. The molecule has 0 aliphatic carbocycles. The van der Waals surface area contributed by atoms with Crippen LogP contribution in [0.2, 0.25) is 0 Å². The number of carbonyl (C=O) groups is 2. The number of methoxy groups -OCH3 is 1. The third-order valence-corrected chi connectivity index (χ3v) is 2.28. The Kier molecular flexibility index (Phi) is 5.40. The van der Waals surface area contributed by atoms with Crippen LogP contribution in [0, 0.1) is 0 Å². The van der Waals surface area contributed by atoms with Gasteiger partial charge in [0.2, 0.25) is 0 Å². The molecule has 0 aliphatic rings. The first kappa shape index (κ1) is 14.6. The van der Waals surface area contributed by atoms with Gasteiger partial charge in [0.05, 0.1) is 12.7 Å². The molecule has 0 saturated heterocycles. The van der Waals surface area contributed by atoms with E-state index in [9.17, 15) is 9.59 Å². The maximum Gasteiger partial charge on any atom is 0.407 e. The second-order valence-electron chi connectivity index (χ2n) is 3.57. The number of ether oxygens (including phenoxy) is 2. The van der Waals surface area contributed by atoms with Gasteiger partial charge in [-0.2, -0.15) is 0 Å². The Hall–Kier alpha value is -2.50. The molecule has 1 amide bonds. The van der Waals surface area contributed by atoms with E-state index in [-0.39, 0.29) is 18.7 Å². The third kappa shape index (κ3) is 4.34. The van der Waals surface area contributed by atoms with E-state index in [0.717, 1.165) is 0 Å². The van der Waals surface area contributed by atoms with Crippen LogP contribution in [0.5, 0.6) is 5.75 Å². The standard InChI is InChI=1S/C13H15NO5/c1-3-6-19-13(17)14-8-10-7-9(12(15)16)4-5-11(10)18-2/h3-5,7H,1,6,8H2,2H3,(H,14,17)(H,15,16). The number of aromatic carboxylic acids is 1. The van der Waals surface area contributed by atoms with Crippen LogP contribution in [0.25, 0.3) is 0 Å². The predicted molar refractivity (Wildman–Crippen MR) is 68.3 cm³/mol. The van der Waals surface area contributed by atoms with E-state index in [1.807, 2.05) is 0 Å². The molecule has 6 heteroatoms. The van der Waals surface area contributed by atoms with Crippen LogP contribution in [0.1, 0.15) is 15.9 Å². The van der Waals surface area contributed by atoms with Crippen molar-refractivity contribution in [2.45, 2.75) is 6.54 Å². The highest BCUT2D eigenvalue weighted by Gasteiger charge is 2.10. The van der Waals surface area contributed by atoms with Gasteiger partial charge in [-0.3, -0.25) is 0 Å². The van der Waals surface area contributed by atoms with E-state index in [1.54, 1.807) is 0 Å². The van der Waals surface area contributed by atoms with Crippen molar-refractivity contribution in [2.24, 2.45) is 0 Å². The molecule has 0 fully saturated rings. The Balaban J connectivity index is 2.75. The van der Waals surface area contributed by atoms with Crippen molar-refractivity contribution in [3.63, 3.8) is 0 Å². The summed E-state index contributed by atoms with van der Waals surface area (Å²) in [6, 6.07) is 4.41. The summed E-state index contributed by atoms with van der Waals surface area (Å²) in [5.74, 6) is -0.549. The molecule has 0 aliphatic heterocycles. The molecule has 1 rings (SSSR count). The van der Waals surface area contributed by atoms with E-state index < -0.39 is 12.1 Å². The van der Waals surface area contributed by atoms with Gasteiger partial charge in [0, 0.05) is 12.1 Å². The van der Waals surface area contributed by atoms with E-state index >= 15 is 0 Å². The molecule has 0 atom stereocenters. The number of alkyl carbamates (subject to hydrolysis) is 1. The summed E-state index contributed by atoms with van der Waals surface area (Å²) in [6.45, 7) is 3.64. The average Bonchev–Trinajstić information content (AvgIpc) is 2.42. The second kappa shape index (κ2) is 7.05. The molecule has 0 radical (unpaired) electrons. The topological polar surface area (TPSA) is 84.9 Å². The molecule has 19 heavy (non-hydrogen) atoms. The largest absolute Gasteiger partial charge is 0.496 e. The van der Waals surface area contributed by atoms with Gasteiger partial charge in [0.25, 0.3) is 0 Å². The van der Waals surface area contributed by atoms with Crippen LogP contribution >= 0.6 is 0 Å². The zero-order valence-corrected chi connectivity index (χ0v) is 10.5. The average molecular weight is 265 g/mol. The van der Waals surface area contributed by atoms with Crippen LogP contribution in [0.3, 0.4) is 0 Å². The molecule has 0 heterocycles. The molecule has 0 saturated carbocycles. The van der Waals surface area contributed by atoms with Crippen LogP contribution in [-0.2, 0) is 11.3 Å². The third-order valence-electron chi connectivity index (χ3n) is 2.28. The number of carbonyl (C=O) groups excluding carboxylic acids is 1. The van der Waals surface area contributed by atoms with Gasteiger partial charge >= 0.3 is 12.1 Å². The minimum atomic E-state index is -1.04. The summed E-state index contributed by atoms with van der Waals surface area (Å²) < 4.78 is 9.83. The van der Waals surface area contributed by atoms with Gasteiger partial charge in [-0.15, -0.1) is 0 Å². The minimum absolute atomic E-state index is 0.109. The zero-order chi connectivity index (χ0) is 14.3. The summed E-state index contributed by atoms with van der Waals surface area (Å²) in [7, 11) is 1.47. The summed E-state index contributed by atoms with van der Waals surface area (Å²) in [4.78, 5) is 22.1. The van der Waals surface area contributed by atoms with Crippen LogP contribution < -0.4 is 10.1 Å². The maximum atomic E-state index is 11.3. The molecule has 0 bridgehead atoms. The number of amides is 1. The van der Waals surface area contributed by atoms with Gasteiger partial charge in [0.1, 0.15) is 12.4 Å². The second-order valence-corrected chi connectivity index (χ2v) is 3.57. The molecular weight excluding hydrogens is 250 g/mol. The number of nitrogens with one attached hydrogen (secondary N) is 1. The normalized spacial score (nSPS) is 9.53. The van der Waals surface area contributed by atoms with E-state index in [0.29, 0.717) is 11.3 Å². The molecule has 1 aromatic carbocycles. The zero-order valence-electron chi connectivity index (χ0n) is 10.5. The Morgan fingerprint density at radius 2 is 2.21 bits per heavy atom. The molecule has 102 valence electrons. The Morgan fingerprint density at radius 1 is 1.47 bits per heavy atom. The maximum absolute atomic E-state index is 11.3. The first-order chi connectivity index (χ1) is 9.08. The monoisotopic (exact) mass is 265 g/mol. The quantitative estimate of drug-likeness (QED) is 0.766. The van der Waals surface area contributed by atoms with Crippen molar-refractivity contribution in [1.82, 2.24) is 5.32 Å². The number of carboxylic acid groups (broad SMARTS) is 1. The SMILES string of the molecule is C=CCOC(=O)NCc1cc(C(=O)O)ccc1OC. The van der Waals surface area contributed by atoms with E-state index in [4.69, 9.17) is 14.6 Å². The number of hydrogen-bond donors (Lipinski definition) is 2. The molecule has 1 aromatic rings. The highest BCUT2D eigenvalue weighted by Crippen LogP contribution is 2.19. The van der Waals surface area contributed by atoms with Gasteiger partial charge < -0.3 is 19.9 Å². The number of hydrogen-bond acceptors (Lipinski definition) is 4. The van der Waals surface area contributed by atoms with E-state index in [1.165, 1.54) is 31.4 Å². The number of carboxylic acids is 1. The van der Waals surface area contributed by atoms with Crippen molar-refractivity contribution >= 4 is 12.1 Å². The lowest BCUT2D eigenvalue weighted by atomic mass is 10.1. The van der Waals surface area contributed by atoms with Crippen molar-refractivity contribution in [1.29, 1.82) is 0 Å². The lowest BCUT2D eigenvalue weighted by molar-refractivity contribution is 0.0696. The number of benzene rings is 1. The molecule has 2 N–H and O–H groups in total. The molecule has 0 aromatic heterocycles. The minimum Gasteiger partial charge on any atom is -0.496 e. The highest BCUT2D eigenvalue weighted by molar-refractivity contribution is 5.88. The molecule has 0 unspecified atom stereocenters. The Bertz CT molecular complexity index is 484. The molecule has 0 spiro atoms. The van der Waals surface area contributed by atoms with Gasteiger partial charge in [-0.05, 0) is 18.2 Å². The summed E-state index contributed by atoms with van der Waals surface area (Å²) in [6.07, 6.45) is 0.841. The predicted octanol–water partition coefficient (Wildman–Crippen LogP) is 1.81. The smallest absolute Gasteiger partial charge is 0.407 e. The van der Waals surface area contributed by atoms with Crippen LogP contribution in [0.4, 0.5) is 4.79 Å². The lowest BCUT2D eigenvalue weighted by Crippen LogP contribution is -2.24. The van der Waals surface area contributed by atoms with Gasteiger partial charge in [-0.1, -0.05) is 12.7 Å². The van der Waals surface area contributed by atoms with Crippen molar-refractivity contribution in [3.05, 3.63) is 42.0 Å². The van der Waals surface area contributed by atoms with Crippen LogP contribution in [0.15, 0.2) is 30.9 Å².